The average molecular weight is 1030 g/mol. The summed E-state index contributed by atoms with van der Waals surface area (Å²) in [5.41, 5.74) is 3.29. The third-order valence-electron chi connectivity index (χ3n) is 7.02. The maximum absolute atomic E-state index is 12.1. The lowest BCUT2D eigenvalue weighted by atomic mass is 10.4. The summed E-state index contributed by atoms with van der Waals surface area (Å²) in [6, 6.07) is 21.0. The highest BCUT2D eigenvalue weighted by atomic mass is 35.5. The molecule has 0 aliphatic carbocycles. The predicted octanol–water partition coefficient (Wildman–Crippen LogP) is 16.1. The van der Waals surface area contributed by atoms with E-state index in [4.69, 9.17) is 86.3 Å². The minimum Gasteiger partial charge on any atom is -0.400 e. The molecule has 6 rings (SSSR count). The van der Waals surface area contributed by atoms with Gasteiger partial charge in [-0.2, -0.15) is 34.0 Å². The van der Waals surface area contributed by atoms with E-state index in [2.05, 4.69) is 55.1 Å². The van der Waals surface area contributed by atoms with Crippen LogP contribution in [0.5, 0.6) is 0 Å². The maximum Gasteiger partial charge on any atom is 0.184 e. The van der Waals surface area contributed by atoms with E-state index in [9.17, 15) is 8.42 Å². The smallest absolute Gasteiger partial charge is 0.184 e. The lowest BCUT2D eigenvalue weighted by molar-refractivity contribution is 0.321. The van der Waals surface area contributed by atoms with Crippen molar-refractivity contribution in [3.63, 3.8) is 0 Å². The van der Waals surface area contributed by atoms with Crippen molar-refractivity contribution in [2.75, 3.05) is 26.7 Å². The zero-order valence-corrected chi connectivity index (χ0v) is 41.7. The summed E-state index contributed by atoms with van der Waals surface area (Å²) in [6.45, 7) is 10.1. The first-order valence-electron chi connectivity index (χ1n) is 16.9. The van der Waals surface area contributed by atoms with E-state index in [1.165, 1.54) is 54.2 Å². The first kappa shape index (κ1) is 54.4. The van der Waals surface area contributed by atoms with Crippen LogP contribution < -0.4 is 0 Å². The first-order valence-corrected chi connectivity index (χ1v) is 25.6. The molecule has 0 aliphatic rings. The minimum atomic E-state index is -3.45. The van der Waals surface area contributed by atoms with Crippen molar-refractivity contribution in [1.29, 1.82) is 0 Å². The molecule has 0 unspecified atom stereocenters. The van der Waals surface area contributed by atoms with Crippen LogP contribution in [-0.4, -0.2) is 45.2 Å². The molecule has 0 fully saturated rings. The van der Waals surface area contributed by atoms with Crippen LogP contribution in [0.1, 0.15) is 37.5 Å². The Labute approximate surface area is 395 Å². The van der Waals surface area contributed by atoms with E-state index in [-0.39, 0.29) is 15.7 Å². The number of thiol groups is 1. The number of hydrogen-bond donors (Lipinski definition) is 2. The van der Waals surface area contributed by atoms with Gasteiger partial charge in [0.05, 0.1) is 25.7 Å². The van der Waals surface area contributed by atoms with Gasteiger partial charge in [-0.1, -0.05) is 90.4 Å². The number of sulfone groups is 1. The Kier molecular flexibility index (Phi) is 29.8. The van der Waals surface area contributed by atoms with Crippen molar-refractivity contribution in [3.8, 4) is 0 Å². The number of thiophene rings is 3. The average Bonchev–Trinajstić information content (AvgIpc) is 4.03. The molecule has 312 valence electrons. The third-order valence-corrected chi connectivity index (χ3v) is 14.8. The molecule has 0 saturated heterocycles. The van der Waals surface area contributed by atoms with Crippen molar-refractivity contribution in [2.45, 2.75) is 52.8 Å². The number of benzene rings is 3. The summed E-state index contributed by atoms with van der Waals surface area (Å²) in [4.78, 5) is 4.21. The number of thioether (sulfide) groups is 1. The number of nitrogens with zero attached hydrogens (tertiary/aromatic N) is 1. The number of aliphatic hydroxyl groups excluding tert-OH is 1. The van der Waals surface area contributed by atoms with E-state index in [1.54, 1.807) is 76.2 Å². The molecule has 0 bridgehead atoms. The van der Waals surface area contributed by atoms with Crippen LogP contribution in [0, 0.1) is 0 Å². The predicted molar refractivity (Wildman–Crippen MR) is 261 cm³/mol. The van der Waals surface area contributed by atoms with Crippen molar-refractivity contribution in [1.82, 2.24) is 4.90 Å². The normalized spacial score (nSPS) is 10.3. The summed E-state index contributed by atoms with van der Waals surface area (Å²) < 4.78 is 24.3. The second-order valence-corrected chi connectivity index (χ2v) is 19.5. The Balaban J connectivity index is 0.000000370. The van der Waals surface area contributed by atoms with E-state index < -0.39 is 9.84 Å². The molecular formula is C40H44Cl7NO3S6. The third kappa shape index (κ3) is 22.7. The SMILES string of the molecule is CCN(CC)CC.CO.ClCc1ccsc1.Clc1ccc(Cl)c(SCc2ccsc2)c1.O=S(=O)(Cc1ccsc1)c1cc(Cl)ccc1Cl.Sc1cc(Cl)ccc1Cl. The highest BCUT2D eigenvalue weighted by Gasteiger charge is 2.19. The number of rotatable bonds is 10. The van der Waals surface area contributed by atoms with Crippen LogP contribution in [0.25, 0.3) is 0 Å². The van der Waals surface area contributed by atoms with Crippen LogP contribution in [0.15, 0.2) is 120 Å². The van der Waals surface area contributed by atoms with E-state index >= 15 is 0 Å². The van der Waals surface area contributed by atoms with E-state index in [0.29, 0.717) is 25.8 Å². The fourth-order valence-corrected chi connectivity index (χ4v) is 10.7. The van der Waals surface area contributed by atoms with Crippen LogP contribution in [0.2, 0.25) is 30.1 Å². The second-order valence-electron chi connectivity index (χ2n) is 10.9. The van der Waals surface area contributed by atoms with Gasteiger partial charge in [0, 0.05) is 43.6 Å². The molecule has 3 heterocycles. The Morgan fingerprint density at radius 3 is 1.51 bits per heavy atom. The molecule has 0 aliphatic heterocycles. The molecule has 0 atom stereocenters. The minimum absolute atomic E-state index is 0.0590. The van der Waals surface area contributed by atoms with Gasteiger partial charge in [-0.25, -0.2) is 8.42 Å². The first-order chi connectivity index (χ1) is 27.2. The lowest BCUT2D eigenvalue weighted by Crippen LogP contribution is -2.21. The highest BCUT2D eigenvalue weighted by molar-refractivity contribution is 7.98. The standard InChI is InChI=1S/C11H8Cl2O2S2.C11H8Cl2S2.C6H4Cl2S.C6H15N.C5H5ClS.CH4O/c12-9-1-2-10(13)11(5-9)17(14,15)7-8-3-4-16-6-8;12-9-1-2-10(13)11(5-9)15-7-8-3-4-14-6-8;7-4-1-2-5(8)6(9)3-4;1-4-7(5-2)6-3;6-3-5-1-2-7-4-5;1-2/h1-6H,7H2;1-6H,7H2;1-3,9H;4-6H2,1-3H3;1-2,4H,3H2;2H,1H3. The van der Waals surface area contributed by atoms with Gasteiger partial charge in [0.15, 0.2) is 9.84 Å². The fraction of sp³-hybridized carbons (Fsp3) is 0.250. The van der Waals surface area contributed by atoms with E-state index in [1.807, 2.05) is 34.3 Å². The van der Waals surface area contributed by atoms with Crippen molar-refractivity contribution < 1.29 is 13.5 Å². The molecule has 0 spiro atoms. The summed E-state index contributed by atoms with van der Waals surface area (Å²) in [6.07, 6.45) is 0. The number of aliphatic hydroxyl groups is 1. The molecular weight excluding hydrogens is 983 g/mol. The van der Waals surface area contributed by atoms with Crippen molar-refractivity contribution in [2.24, 2.45) is 0 Å². The van der Waals surface area contributed by atoms with Gasteiger partial charge < -0.3 is 10.0 Å². The highest BCUT2D eigenvalue weighted by Crippen LogP contribution is 2.32. The Morgan fingerprint density at radius 1 is 0.632 bits per heavy atom. The number of halogens is 7. The molecule has 0 saturated carbocycles. The van der Waals surface area contributed by atoms with Gasteiger partial charge in [0.2, 0.25) is 0 Å². The Morgan fingerprint density at radius 2 is 1.09 bits per heavy atom. The molecule has 3 aromatic carbocycles. The Bertz CT molecular complexity index is 2040. The molecule has 57 heavy (non-hydrogen) atoms. The molecule has 1 N–H and O–H groups in total. The summed E-state index contributed by atoms with van der Waals surface area (Å²) in [5, 5.41) is 22.3. The van der Waals surface area contributed by atoms with Crippen LogP contribution in [0.3, 0.4) is 0 Å². The van der Waals surface area contributed by atoms with Gasteiger partial charge in [-0.3, -0.25) is 0 Å². The number of alkyl halides is 1. The maximum atomic E-state index is 12.1. The monoisotopic (exact) mass is 1020 g/mol. The van der Waals surface area contributed by atoms with Gasteiger partial charge >= 0.3 is 0 Å². The van der Waals surface area contributed by atoms with Gasteiger partial charge in [0.1, 0.15) is 0 Å². The lowest BCUT2D eigenvalue weighted by Gasteiger charge is -2.13. The molecule has 6 aromatic rings. The summed E-state index contributed by atoms with van der Waals surface area (Å²) in [7, 11) is -2.45. The van der Waals surface area contributed by atoms with Gasteiger partial charge in [-0.05, 0) is 141 Å². The summed E-state index contributed by atoms with van der Waals surface area (Å²) >= 11 is 51.0. The van der Waals surface area contributed by atoms with Crippen LogP contribution in [-0.2, 0) is 27.2 Å². The van der Waals surface area contributed by atoms with Crippen LogP contribution >= 0.6 is 140 Å². The topological polar surface area (TPSA) is 57.6 Å². The zero-order valence-electron chi connectivity index (χ0n) is 31.5. The molecule has 3 aromatic heterocycles. The van der Waals surface area contributed by atoms with Crippen molar-refractivity contribution >= 4 is 149 Å². The molecule has 0 amide bonds. The van der Waals surface area contributed by atoms with Crippen LogP contribution in [0.4, 0.5) is 0 Å². The quantitative estimate of drug-likeness (QED) is 0.0813. The van der Waals surface area contributed by atoms with Gasteiger partial charge in [-0.15, -0.1) is 36.0 Å². The fourth-order valence-electron chi connectivity index (χ4n) is 4.04. The van der Waals surface area contributed by atoms with Crippen molar-refractivity contribution in [3.05, 3.63) is 152 Å². The van der Waals surface area contributed by atoms with Gasteiger partial charge in [0.25, 0.3) is 0 Å². The van der Waals surface area contributed by atoms with E-state index in [0.717, 1.165) is 33.4 Å². The molecule has 17 heteroatoms. The largest absolute Gasteiger partial charge is 0.400 e. The Hall–Kier alpha value is -0.640. The second kappa shape index (κ2) is 31.2. The summed E-state index contributed by atoms with van der Waals surface area (Å²) in [5.74, 6) is 1.52. The zero-order chi connectivity index (χ0) is 42.8. The number of hydrogen-bond acceptors (Lipinski definition) is 9. The molecule has 4 nitrogen and oxygen atoms in total. The molecule has 0 radical (unpaired) electrons.